The molecule has 0 unspecified atom stereocenters. The first kappa shape index (κ1) is 18.1. The standard InChI is InChI=1S/C17H20O7/c1-10-4-6-13(7-5-10)15(21)17(9-18)8-14(22-11(2)19)16(24-17)23-12(3)20/h4-7,14,16,18H,8-9H2,1-3H3/t14-,16-,17+/m1/s1. The van der Waals surface area contributed by atoms with Crippen molar-refractivity contribution in [3.63, 3.8) is 0 Å². The van der Waals surface area contributed by atoms with Crippen molar-refractivity contribution in [3.05, 3.63) is 35.4 Å². The van der Waals surface area contributed by atoms with Crippen molar-refractivity contribution in [1.82, 2.24) is 0 Å². The lowest BCUT2D eigenvalue weighted by Gasteiger charge is -2.24. The molecule has 0 bridgehead atoms. The minimum Gasteiger partial charge on any atom is -0.456 e. The molecule has 1 aliphatic heterocycles. The Hall–Kier alpha value is -2.25. The van der Waals surface area contributed by atoms with Crippen LogP contribution in [0.25, 0.3) is 0 Å². The number of hydrogen-bond acceptors (Lipinski definition) is 7. The predicted molar refractivity (Wildman–Crippen MR) is 82.1 cm³/mol. The van der Waals surface area contributed by atoms with Crippen molar-refractivity contribution >= 4 is 17.7 Å². The molecule has 1 aromatic carbocycles. The van der Waals surface area contributed by atoms with Gasteiger partial charge in [0, 0.05) is 25.8 Å². The number of Topliss-reactive ketones (excluding diaryl/α,β-unsaturated/α-hetero) is 1. The maximum absolute atomic E-state index is 12.8. The summed E-state index contributed by atoms with van der Waals surface area (Å²) in [6.45, 7) is 3.63. The topological polar surface area (TPSA) is 99.1 Å². The number of aliphatic hydroxyl groups excluding tert-OH is 1. The monoisotopic (exact) mass is 336 g/mol. The zero-order valence-electron chi connectivity index (χ0n) is 13.8. The van der Waals surface area contributed by atoms with Gasteiger partial charge in [-0.2, -0.15) is 0 Å². The third-order valence-corrected chi connectivity index (χ3v) is 3.76. The first-order chi connectivity index (χ1) is 11.3. The average Bonchev–Trinajstić information content (AvgIpc) is 2.85. The largest absolute Gasteiger partial charge is 0.456 e. The van der Waals surface area contributed by atoms with Gasteiger partial charge in [0.2, 0.25) is 6.29 Å². The smallest absolute Gasteiger partial charge is 0.305 e. The summed E-state index contributed by atoms with van der Waals surface area (Å²) in [5, 5.41) is 9.78. The highest BCUT2D eigenvalue weighted by molar-refractivity contribution is 6.03. The summed E-state index contributed by atoms with van der Waals surface area (Å²) in [4.78, 5) is 35.3. The van der Waals surface area contributed by atoms with Crippen molar-refractivity contribution < 1.29 is 33.7 Å². The van der Waals surface area contributed by atoms with Crippen LogP contribution in [0.4, 0.5) is 0 Å². The van der Waals surface area contributed by atoms with Crippen molar-refractivity contribution in [1.29, 1.82) is 0 Å². The lowest BCUT2D eigenvalue weighted by molar-refractivity contribution is -0.202. The quantitative estimate of drug-likeness (QED) is 0.636. The van der Waals surface area contributed by atoms with Crippen molar-refractivity contribution in [3.8, 4) is 0 Å². The van der Waals surface area contributed by atoms with E-state index in [0.29, 0.717) is 5.56 Å². The van der Waals surface area contributed by atoms with E-state index in [2.05, 4.69) is 0 Å². The maximum atomic E-state index is 12.8. The van der Waals surface area contributed by atoms with Gasteiger partial charge in [-0.1, -0.05) is 29.8 Å². The Bertz CT molecular complexity index is 611. The summed E-state index contributed by atoms with van der Waals surface area (Å²) < 4.78 is 15.6. The number of carbonyl (C=O) groups is 3. The van der Waals surface area contributed by atoms with Gasteiger partial charge in [0.05, 0.1) is 6.61 Å². The van der Waals surface area contributed by atoms with Crippen LogP contribution in [0.15, 0.2) is 24.3 Å². The van der Waals surface area contributed by atoms with Gasteiger partial charge in [-0.25, -0.2) is 0 Å². The third-order valence-electron chi connectivity index (χ3n) is 3.76. The molecule has 3 atom stereocenters. The molecular formula is C17H20O7. The van der Waals surface area contributed by atoms with E-state index in [1.54, 1.807) is 24.3 Å². The second-order valence-electron chi connectivity index (χ2n) is 5.80. The second kappa shape index (κ2) is 7.11. The minimum atomic E-state index is -1.63. The fourth-order valence-corrected chi connectivity index (χ4v) is 2.63. The lowest BCUT2D eigenvalue weighted by Crippen LogP contribution is -2.43. The molecule has 130 valence electrons. The number of ketones is 1. The van der Waals surface area contributed by atoms with Gasteiger partial charge in [-0.15, -0.1) is 0 Å². The molecule has 24 heavy (non-hydrogen) atoms. The highest BCUT2D eigenvalue weighted by Gasteiger charge is 2.54. The van der Waals surface area contributed by atoms with Crippen molar-refractivity contribution in [2.75, 3.05) is 6.61 Å². The number of carbonyl (C=O) groups excluding carboxylic acids is 3. The maximum Gasteiger partial charge on any atom is 0.305 e. The van der Waals surface area contributed by atoms with E-state index in [-0.39, 0.29) is 6.42 Å². The average molecular weight is 336 g/mol. The van der Waals surface area contributed by atoms with Crippen LogP contribution in [0.1, 0.15) is 36.2 Å². The van der Waals surface area contributed by atoms with Crippen LogP contribution in [-0.2, 0) is 23.8 Å². The number of aryl methyl sites for hydroxylation is 1. The Kier molecular flexibility index (Phi) is 5.36. The molecule has 7 heteroatoms. The Morgan fingerprint density at radius 3 is 2.25 bits per heavy atom. The summed E-state index contributed by atoms with van der Waals surface area (Å²) in [5.41, 5.74) is -0.303. The number of ether oxygens (including phenoxy) is 3. The SMILES string of the molecule is CC(=O)O[C@@H]1O[C@@](CO)(C(=O)c2ccc(C)cc2)C[C@H]1OC(C)=O. The van der Waals surface area contributed by atoms with Gasteiger partial charge in [0.1, 0.15) is 0 Å². The molecule has 1 aromatic rings. The Morgan fingerprint density at radius 1 is 1.17 bits per heavy atom. The zero-order chi connectivity index (χ0) is 17.9. The molecule has 1 heterocycles. The number of hydrogen-bond donors (Lipinski definition) is 1. The highest BCUT2D eigenvalue weighted by Crippen LogP contribution is 2.36. The van der Waals surface area contributed by atoms with Gasteiger partial charge in [0.25, 0.3) is 0 Å². The van der Waals surface area contributed by atoms with Gasteiger partial charge in [-0.3, -0.25) is 14.4 Å². The van der Waals surface area contributed by atoms with Crippen LogP contribution in [0.3, 0.4) is 0 Å². The van der Waals surface area contributed by atoms with Gasteiger partial charge in [0.15, 0.2) is 17.5 Å². The van der Waals surface area contributed by atoms with Crippen LogP contribution in [0.2, 0.25) is 0 Å². The van der Waals surface area contributed by atoms with E-state index >= 15 is 0 Å². The molecule has 1 fully saturated rings. The van der Waals surface area contributed by atoms with Crippen LogP contribution < -0.4 is 0 Å². The van der Waals surface area contributed by atoms with Crippen LogP contribution in [0.5, 0.6) is 0 Å². The molecular weight excluding hydrogens is 316 g/mol. The summed E-state index contributed by atoms with van der Waals surface area (Å²) in [6, 6.07) is 6.78. The predicted octanol–water partition coefficient (Wildman–Crippen LogP) is 1.15. The van der Waals surface area contributed by atoms with E-state index in [9.17, 15) is 19.5 Å². The molecule has 0 amide bonds. The molecule has 0 aromatic heterocycles. The molecule has 7 nitrogen and oxygen atoms in total. The molecule has 0 aliphatic carbocycles. The summed E-state index contributed by atoms with van der Waals surface area (Å²) in [7, 11) is 0. The van der Waals surface area contributed by atoms with E-state index < -0.39 is 42.3 Å². The van der Waals surface area contributed by atoms with Gasteiger partial charge in [-0.05, 0) is 6.92 Å². The molecule has 1 N–H and O–H groups in total. The van der Waals surface area contributed by atoms with E-state index in [4.69, 9.17) is 14.2 Å². The first-order valence-corrected chi connectivity index (χ1v) is 7.52. The van der Waals surface area contributed by atoms with E-state index in [1.807, 2.05) is 6.92 Å². The van der Waals surface area contributed by atoms with Crippen molar-refractivity contribution in [2.24, 2.45) is 0 Å². The third kappa shape index (κ3) is 3.80. The van der Waals surface area contributed by atoms with Crippen LogP contribution in [0, 0.1) is 6.92 Å². The van der Waals surface area contributed by atoms with Crippen molar-refractivity contribution in [2.45, 2.75) is 45.2 Å². The zero-order valence-corrected chi connectivity index (χ0v) is 13.8. The van der Waals surface area contributed by atoms with E-state index in [1.165, 1.54) is 13.8 Å². The number of rotatable bonds is 5. The van der Waals surface area contributed by atoms with E-state index in [0.717, 1.165) is 5.56 Å². The summed E-state index contributed by atoms with van der Waals surface area (Å²) in [6.07, 6.45) is -2.31. The normalized spacial score (nSPS) is 26.0. The van der Waals surface area contributed by atoms with Crippen LogP contribution >= 0.6 is 0 Å². The summed E-state index contributed by atoms with van der Waals surface area (Å²) >= 11 is 0. The molecule has 0 spiro atoms. The summed E-state index contributed by atoms with van der Waals surface area (Å²) in [5.74, 6) is -1.71. The highest BCUT2D eigenvalue weighted by atomic mass is 16.7. The van der Waals surface area contributed by atoms with Gasteiger partial charge < -0.3 is 19.3 Å². The van der Waals surface area contributed by atoms with Crippen LogP contribution in [-0.4, -0.2) is 47.4 Å². The van der Waals surface area contributed by atoms with Gasteiger partial charge >= 0.3 is 11.9 Å². The fraction of sp³-hybridized carbons (Fsp3) is 0.471. The minimum absolute atomic E-state index is 0.103. The molecule has 2 rings (SSSR count). The Morgan fingerprint density at radius 2 is 1.75 bits per heavy atom. The first-order valence-electron chi connectivity index (χ1n) is 7.52. The second-order valence-corrected chi connectivity index (χ2v) is 5.80. The Balaban J connectivity index is 2.30. The lowest BCUT2D eigenvalue weighted by atomic mass is 9.89. The number of benzene rings is 1. The fourth-order valence-electron chi connectivity index (χ4n) is 2.63. The number of esters is 2. The number of aliphatic hydroxyl groups is 1. The molecule has 1 aliphatic rings. The molecule has 1 saturated heterocycles. The molecule has 0 radical (unpaired) electrons. The Labute approximate surface area is 139 Å². The molecule has 0 saturated carbocycles.